The molecule has 1 aromatic carbocycles. The van der Waals surface area contributed by atoms with E-state index >= 15 is 0 Å². The molecular formula is C21H31N3O3. The van der Waals surface area contributed by atoms with Gasteiger partial charge < -0.3 is 24.8 Å². The second kappa shape index (κ2) is 7.58. The molecule has 0 spiro atoms. The second-order valence-electron chi connectivity index (χ2n) is 8.25. The molecule has 2 saturated heterocycles. The number of aliphatic imine (C=N–C) groups is 1. The molecule has 3 atom stereocenters. The Morgan fingerprint density at radius 3 is 2.96 bits per heavy atom. The Morgan fingerprint density at radius 2 is 2.22 bits per heavy atom. The van der Waals surface area contributed by atoms with Crippen LogP contribution in [-0.4, -0.2) is 49.5 Å². The quantitative estimate of drug-likeness (QED) is 0.456. The summed E-state index contributed by atoms with van der Waals surface area (Å²) < 4.78 is 18.0. The third kappa shape index (κ3) is 4.15. The van der Waals surface area contributed by atoms with Gasteiger partial charge in [-0.1, -0.05) is 12.1 Å². The van der Waals surface area contributed by atoms with Crippen molar-refractivity contribution in [2.24, 2.45) is 4.99 Å². The van der Waals surface area contributed by atoms with Gasteiger partial charge in [0, 0.05) is 18.5 Å². The molecule has 27 heavy (non-hydrogen) atoms. The van der Waals surface area contributed by atoms with Crippen molar-refractivity contribution in [1.82, 2.24) is 10.6 Å². The van der Waals surface area contributed by atoms with Gasteiger partial charge in [-0.3, -0.25) is 0 Å². The van der Waals surface area contributed by atoms with Gasteiger partial charge in [-0.25, -0.2) is 4.99 Å². The van der Waals surface area contributed by atoms with E-state index in [-0.39, 0.29) is 5.60 Å². The predicted octanol–water partition coefficient (Wildman–Crippen LogP) is 2.65. The fraction of sp³-hybridized carbons (Fsp3) is 0.667. The molecule has 3 aliphatic rings. The smallest absolute Gasteiger partial charge is 0.191 e. The number of guanidine groups is 1. The van der Waals surface area contributed by atoms with E-state index in [1.54, 1.807) is 0 Å². The number of fused-ring (bicyclic) bond motifs is 3. The Hall–Kier alpha value is -1.95. The van der Waals surface area contributed by atoms with Crippen LogP contribution in [0, 0.1) is 0 Å². The van der Waals surface area contributed by atoms with Crippen LogP contribution in [0.25, 0.3) is 0 Å². The molecule has 0 amide bonds. The highest BCUT2D eigenvalue weighted by molar-refractivity contribution is 5.80. The maximum Gasteiger partial charge on any atom is 0.191 e. The van der Waals surface area contributed by atoms with Gasteiger partial charge in [0.05, 0.1) is 24.8 Å². The summed E-state index contributed by atoms with van der Waals surface area (Å²) in [4.78, 5) is 4.67. The monoisotopic (exact) mass is 373 g/mol. The van der Waals surface area contributed by atoms with E-state index in [4.69, 9.17) is 14.2 Å². The molecule has 6 nitrogen and oxygen atoms in total. The fourth-order valence-electron chi connectivity index (χ4n) is 4.30. The molecule has 0 saturated carbocycles. The largest absolute Gasteiger partial charge is 0.488 e. The van der Waals surface area contributed by atoms with Gasteiger partial charge in [-0.05, 0) is 46.1 Å². The lowest BCUT2D eigenvalue weighted by molar-refractivity contribution is 0.0992. The zero-order chi connectivity index (χ0) is 18.9. The van der Waals surface area contributed by atoms with Gasteiger partial charge in [-0.15, -0.1) is 0 Å². The van der Waals surface area contributed by atoms with Crippen molar-refractivity contribution in [3.8, 4) is 11.5 Å². The number of nitrogens with one attached hydrogen (secondary N) is 2. The van der Waals surface area contributed by atoms with Crippen LogP contribution < -0.4 is 20.1 Å². The van der Waals surface area contributed by atoms with Crippen molar-refractivity contribution in [3.05, 3.63) is 23.8 Å². The molecule has 3 unspecified atom stereocenters. The van der Waals surface area contributed by atoms with E-state index in [1.165, 1.54) is 12.0 Å². The number of hydrogen-bond acceptors (Lipinski definition) is 4. The first kappa shape index (κ1) is 18.4. The van der Waals surface area contributed by atoms with E-state index in [1.807, 2.05) is 12.1 Å². The summed E-state index contributed by atoms with van der Waals surface area (Å²) >= 11 is 0. The minimum atomic E-state index is -0.162. The molecule has 148 valence electrons. The lowest BCUT2D eigenvalue weighted by Gasteiger charge is -2.22. The Balaban J connectivity index is 1.31. The lowest BCUT2D eigenvalue weighted by Crippen LogP contribution is -2.47. The minimum absolute atomic E-state index is 0.162. The van der Waals surface area contributed by atoms with E-state index in [0.717, 1.165) is 43.3 Å². The molecule has 2 bridgehead atoms. The van der Waals surface area contributed by atoms with Gasteiger partial charge in [-0.2, -0.15) is 0 Å². The molecule has 0 radical (unpaired) electrons. The van der Waals surface area contributed by atoms with Crippen molar-refractivity contribution >= 4 is 5.96 Å². The zero-order valence-electron chi connectivity index (χ0n) is 16.6. The number of para-hydroxylation sites is 1. The highest BCUT2D eigenvalue weighted by Gasteiger charge is 2.41. The van der Waals surface area contributed by atoms with Crippen LogP contribution >= 0.6 is 0 Å². The van der Waals surface area contributed by atoms with E-state index in [0.29, 0.717) is 31.4 Å². The average Bonchev–Trinajstić information content (AvgIpc) is 3.31. The summed E-state index contributed by atoms with van der Waals surface area (Å²) in [6.45, 7) is 8.23. The predicted molar refractivity (Wildman–Crippen MR) is 106 cm³/mol. The van der Waals surface area contributed by atoms with E-state index in [9.17, 15) is 0 Å². The van der Waals surface area contributed by atoms with Crippen LogP contribution in [0.5, 0.6) is 11.5 Å². The maximum atomic E-state index is 6.06. The first-order chi connectivity index (χ1) is 13.0. The van der Waals surface area contributed by atoms with Crippen molar-refractivity contribution in [1.29, 1.82) is 0 Å². The number of rotatable bonds is 6. The standard InChI is InChI=1S/C21H31N3O3/c1-4-22-20(24-16-12-15-8-9-17(16)26-15)23-10-11-25-18-7-5-6-14-13-21(2,3)27-19(14)18/h5-7,15-17H,4,8-13H2,1-3H3,(H2,22,23,24). The second-order valence-corrected chi connectivity index (χ2v) is 8.25. The third-order valence-electron chi connectivity index (χ3n) is 5.45. The zero-order valence-corrected chi connectivity index (χ0v) is 16.6. The maximum absolute atomic E-state index is 6.06. The molecular weight excluding hydrogens is 342 g/mol. The van der Waals surface area contributed by atoms with Crippen LogP contribution in [0.15, 0.2) is 23.2 Å². The molecule has 2 fully saturated rings. The van der Waals surface area contributed by atoms with Crippen LogP contribution in [0.2, 0.25) is 0 Å². The molecule has 6 heteroatoms. The molecule has 0 aliphatic carbocycles. The summed E-state index contributed by atoms with van der Waals surface area (Å²) in [7, 11) is 0. The summed E-state index contributed by atoms with van der Waals surface area (Å²) in [5.41, 5.74) is 1.05. The summed E-state index contributed by atoms with van der Waals surface area (Å²) in [6.07, 6.45) is 5.11. The van der Waals surface area contributed by atoms with Crippen LogP contribution in [-0.2, 0) is 11.2 Å². The van der Waals surface area contributed by atoms with Crippen LogP contribution in [0.4, 0.5) is 0 Å². The third-order valence-corrected chi connectivity index (χ3v) is 5.45. The Labute approximate surface area is 161 Å². The average molecular weight is 373 g/mol. The SMILES string of the molecule is CCNC(=NCCOc1cccc2c1OC(C)(C)C2)NC1CC2CCC1O2. The number of benzene rings is 1. The Morgan fingerprint density at radius 1 is 1.33 bits per heavy atom. The molecule has 0 aromatic heterocycles. The van der Waals surface area contributed by atoms with Gasteiger partial charge in [0.15, 0.2) is 17.5 Å². The van der Waals surface area contributed by atoms with Gasteiger partial charge in [0.2, 0.25) is 0 Å². The van der Waals surface area contributed by atoms with E-state index < -0.39 is 0 Å². The normalized spacial score (nSPS) is 28.0. The van der Waals surface area contributed by atoms with Crippen molar-refractivity contribution in [2.75, 3.05) is 19.7 Å². The topological polar surface area (TPSA) is 64.1 Å². The first-order valence-electron chi connectivity index (χ1n) is 10.2. The first-order valence-corrected chi connectivity index (χ1v) is 10.2. The van der Waals surface area contributed by atoms with E-state index in [2.05, 4.69) is 42.5 Å². The summed E-state index contributed by atoms with van der Waals surface area (Å²) in [5.74, 6) is 2.54. The van der Waals surface area contributed by atoms with Crippen molar-refractivity contribution in [3.63, 3.8) is 0 Å². The molecule has 4 rings (SSSR count). The summed E-state index contributed by atoms with van der Waals surface area (Å²) in [6, 6.07) is 6.48. The van der Waals surface area contributed by atoms with Gasteiger partial charge in [0.25, 0.3) is 0 Å². The highest BCUT2D eigenvalue weighted by Crippen LogP contribution is 2.41. The highest BCUT2D eigenvalue weighted by atomic mass is 16.5. The molecule has 3 aliphatic heterocycles. The number of hydrogen-bond donors (Lipinski definition) is 2. The Kier molecular flexibility index (Phi) is 5.17. The molecule has 2 N–H and O–H groups in total. The van der Waals surface area contributed by atoms with Crippen molar-refractivity contribution < 1.29 is 14.2 Å². The Bertz CT molecular complexity index is 704. The lowest BCUT2D eigenvalue weighted by atomic mass is 9.96. The van der Waals surface area contributed by atoms with Crippen molar-refractivity contribution in [2.45, 2.75) is 70.3 Å². The van der Waals surface area contributed by atoms with Gasteiger partial charge >= 0.3 is 0 Å². The fourth-order valence-corrected chi connectivity index (χ4v) is 4.30. The summed E-state index contributed by atoms with van der Waals surface area (Å²) in [5, 5.41) is 6.86. The van der Waals surface area contributed by atoms with Crippen LogP contribution in [0.3, 0.4) is 0 Å². The number of ether oxygens (including phenoxy) is 3. The number of nitrogens with zero attached hydrogens (tertiary/aromatic N) is 1. The molecule has 3 heterocycles. The molecule has 1 aromatic rings. The minimum Gasteiger partial charge on any atom is -0.488 e. The van der Waals surface area contributed by atoms with Crippen LogP contribution in [0.1, 0.15) is 45.6 Å². The van der Waals surface area contributed by atoms with Gasteiger partial charge in [0.1, 0.15) is 12.2 Å².